The highest BCUT2D eigenvalue weighted by atomic mass is 32.2. The summed E-state index contributed by atoms with van der Waals surface area (Å²) in [6.45, 7) is 1.88. The Hall–Kier alpha value is -2.28. The van der Waals surface area contributed by atoms with E-state index in [4.69, 9.17) is 4.52 Å². The zero-order chi connectivity index (χ0) is 12.8. The topological polar surface area (TPSA) is 68.8 Å². The number of rotatable bonds is 1. The van der Waals surface area contributed by atoms with E-state index >= 15 is 0 Å². The summed E-state index contributed by atoms with van der Waals surface area (Å²) in [6, 6.07) is 9.93. The van der Waals surface area contributed by atoms with Gasteiger partial charge in [-0.15, -0.1) is 10.2 Å². The van der Waals surface area contributed by atoms with Gasteiger partial charge in [-0.2, -0.15) is 0 Å². The number of anilines is 1. The van der Waals surface area contributed by atoms with Crippen molar-refractivity contribution in [2.45, 2.75) is 17.0 Å². The second kappa shape index (κ2) is 3.86. The molecule has 4 rings (SSSR count). The van der Waals surface area contributed by atoms with Crippen molar-refractivity contribution in [1.29, 1.82) is 0 Å². The van der Waals surface area contributed by atoms with Gasteiger partial charge in [0.1, 0.15) is 16.4 Å². The summed E-state index contributed by atoms with van der Waals surface area (Å²) in [5.74, 6) is 1.41. The van der Waals surface area contributed by atoms with E-state index in [9.17, 15) is 0 Å². The van der Waals surface area contributed by atoms with Gasteiger partial charge in [0.05, 0.1) is 0 Å². The molecule has 19 heavy (non-hydrogen) atoms. The van der Waals surface area contributed by atoms with Crippen LogP contribution in [-0.2, 0) is 0 Å². The van der Waals surface area contributed by atoms with Crippen LogP contribution < -0.4 is 5.43 Å². The minimum Gasteiger partial charge on any atom is -0.335 e. The molecule has 0 fully saturated rings. The first-order chi connectivity index (χ1) is 9.33. The maximum absolute atomic E-state index is 5.36. The van der Waals surface area contributed by atoms with E-state index < -0.39 is 0 Å². The van der Waals surface area contributed by atoms with Crippen LogP contribution in [0.5, 0.6) is 0 Å². The molecule has 0 spiro atoms. The third kappa shape index (κ3) is 1.55. The minimum absolute atomic E-state index is 0.624. The van der Waals surface area contributed by atoms with Crippen molar-refractivity contribution in [2.24, 2.45) is 0 Å². The highest BCUT2D eigenvalue weighted by Crippen LogP contribution is 2.43. The van der Waals surface area contributed by atoms with Crippen LogP contribution >= 0.6 is 11.8 Å². The molecule has 0 atom stereocenters. The van der Waals surface area contributed by atoms with Crippen molar-refractivity contribution in [3.63, 3.8) is 0 Å². The molecule has 0 aliphatic carbocycles. The average molecular weight is 271 g/mol. The Labute approximate surface area is 112 Å². The molecule has 1 N–H and O–H groups in total. The SMILES string of the molecule is Cc1nnc2n1Nc1onc(-c3ccccc3)c1S2. The van der Waals surface area contributed by atoms with Gasteiger partial charge in [0.2, 0.25) is 5.16 Å². The van der Waals surface area contributed by atoms with Crippen molar-refractivity contribution in [3.8, 4) is 11.3 Å². The highest BCUT2D eigenvalue weighted by Gasteiger charge is 2.27. The fourth-order valence-corrected chi connectivity index (χ4v) is 2.92. The molecule has 1 aliphatic heterocycles. The fourth-order valence-electron chi connectivity index (χ4n) is 1.96. The Morgan fingerprint density at radius 3 is 2.89 bits per heavy atom. The lowest BCUT2D eigenvalue weighted by Gasteiger charge is -2.14. The molecule has 0 radical (unpaired) electrons. The summed E-state index contributed by atoms with van der Waals surface area (Å²) in [6.07, 6.45) is 0. The van der Waals surface area contributed by atoms with Gasteiger partial charge in [-0.05, 0) is 18.7 Å². The van der Waals surface area contributed by atoms with Gasteiger partial charge in [0.15, 0.2) is 0 Å². The van der Waals surface area contributed by atoms with E-state index in [2.05, 4.69) is 20.8 Å². The molecule has 0 amide bonds. The lowest BCUT2D eigenvalue weighted by Crippen LogP contribution is -2.15. The summed E-state index contributed by atoms with van der Waals surface area (Å²) in [7, 11) is 0. The molecule has 3 heterocycles. The van der Waals surface area contributed by atoms with Crippen LogP contribution in [0, 0.1) is 6.92 Å². The van der Waals surface area contributed by atoms with E-state index in [0.29, 0.717) is 5.88 Å². The predicted octanol–water partition coefficient (Wildman–Crippen LogP) is 2.58. The molecule has 3 aromatic rings. The summed E-state index contributed by atoms with van der Waals surface area (Å²) in [5.41, 5.74) is 4.96. The summed E-state index contributed by atoms with van der Waals surface area (Å²) in [5, 5.41) is 13.1. The highest BCUT2D eigenvalue weighted by molar-refractivity contribution is 7.99. The summed E-state index contributed by atoms with van der Waals surface area (Å²) < 4.78 is 7.15. The number of benzene rings is 1. The molecular weight excluding hydrogens is 262 g/mol. The Kier molecular flexibility index (Phi) is 2.16. The largest absolute Gasteiger partial charge is 0.335 e. The molecule has 6 nitrogen and oxygen atoms in total. The van der Waals surface area contributed by atoms with Crippen molar-refractivity contribution < 1.29 is 4.52 Å². The zero-order valence-electron chi connectivity index (χ0n) is 9.99. The Morgan fingerprint density at radius 1 is 1.21 bits per heavy atom. The van der Waals surface area contributed by atoms with Crippen LogP contribution in [-0.4, -0.2) is 20.0 Å². The van der Waals surface area contributed by atoms with Crippen LogP contribution in [0.4, 0.5) is 5.88 Å². The number of hydrogen-bond donors (Lipinski definition) is 1. The zero-order valence-corrected chi connectivity index (χ0v) is 10.8. The number of hydrogen-bond acceptors (Lipinski definition) is 6. The third-order valence-electron chi connectivity index (χ3n) is 2.90. The van der Waals surface area contributed by atoms with E-state index in [1.807, 2.05) is 37.3 Å². The second-order valence-electron chi connectivity index (χ2n) is 4.13. The normalized spacial score (nSPS) is 12.7. The fraction of sp³-hybridized carbons (Fsp3) is 0.0833. The molecule has 94 valence electrons. The minimum atomic E-state index is 0.624. The lowest BCUT2D eigenvalue weighted by molar-refractivity contribution is 0.427. The Balaban J connectivity index is 1.83. The van der Waals surface area contributed by atoms with Crippen LogP contribution in [0.25, 0.3) is 11.3 Å². The van der Waals surface area contributed by atoms with Gasteiger partial charge in [0, 0.05) is 5.56 Å². The van der Waals surface area contributed by atoms with Gasteiger partial charge in [-0.1, -0.05) is 35.5 Å². The van der Waals surface area contributed by atoms with E-state index in [0.717, 1.165) is 27.1 Å². The van der Waals surface area contributed by atoms with Gasteiger partial charge in [-0.25, -0.2) is 4.68 Å². The monoisotopic (exact) mass is 271 g/mol. The van der Waals surface area contributed by atoms with E-state index in [-0.39, 0.29) is 0 Å². The summed E-state index contributed by atoms with van der Waals surface area (Å²) in [4.78, 5) is 0.936. The molecule has 2 aromatic heterocycles. The van der Waals surface area contributed by atoms with E-state index in [1.165, 1.54) is 11.8 Å². The molecular formula is C12H9N5OS. The van der Waals surface area contributed by atoms with Crippen LogP contribution in [0.1, 0.15) is 5.82 Å². The number of fused-ring (bicyclic) bond motifs is 2. The Morgan fingerprint density at radius 2 is 2.05 bits per heavy atom. The first kappa shape index (κ1) is 10.6. The first-order valence-electron chi connectivity index (χ1n) is 5.75. The molecule has 0 saturated heterocycles. The van der Waals surface area contributed by atoms with Crippen LogP contribution in [0.2, 0.25) is 0 Å². The number of aryl methyl sites for hydroxylation is 1. The van der Waals surface area contributed by atoms with Gasteiger partial charge < -0.3 is 4.52 Å². The van der Waals surface area contributed by atoms with Crippen molar-refractivity contribution in [3.05, 3.63) is 36.2 Å². The second-order valence-corrected chi connectivity index (χ2v) is 5.11. The number of aromatic nitrogens is 4. The smallest absolute Gasteiger partial charge is 0.258 e. The van der Waals surface area contributed by atoms with Crippen LogP contribution in [0.3, 0.4) is 0 Å². The van der Waals surface area contributed by atoms with Crippen molar-refractivity contribution in [2.75, 3.05) is 5.43 Å². The summed E-state index contributed by atoms with van der Waals surface area (Å²) >= 11 is 1.50. The predicted molar refractivity (Wildman–Crippen MR) is 69.8 cm³/mol. The standard InChI is InChI=1S/C12H9N5OS/c1-7-13-14-12-17(7)15-11-10(19-12)9(16-18-11)8-5-3-2-4-6-8/h2-6,15H,1H3. The van der Waals surface area contributed by atoms with Crippen molar-refractivity contribution >= 4 is 17.6 Å². The molecule has 1 aromatic carbocycles. The maximum Gasteiger partial charge on any atom is 0.258 e. The van der Waals surface area contributed by atoms with Gasteiger partial charge in [0.25, 0.3) is 5.88 Å². The molecule has 7 heteroatoms. The molecule has 0 saturated carbocycles. The number of nitrogens with zero attached hydrogens (tertiary/aromatic N) is 4. The van der Waals surface area contributed by atoms with Crippen molar-refractivity contribution in [1.82, 2.24) is 20.0 Å². The number of nitrogens with one attached hydrogen (secondary N) is 1. The van der Waals surface area contributed by atoms with Crippen LogP contribution in [0.15, 0.2) is 44.9 Å². The maximum atomic E-state index is 5.36. The van der Waals surface area contributed by atoms with Gasteiger partial charge >= 0.3 is 0 Å². The average Bonchev–Trinajstić information content (AvgIpc) is 3.02. The molecule has 0 bridgehead atoms. The first-order valence-corrected chi connectivity index (χ1v) is 6.56. The van der Waals surface area contributed by atoms with E-state index in [1.54, 1.807) is 4.68 Å². The quantitative estimate of drug-likeness (QED) is 0.574. The molecule has 1 aliphatic rings. The third-order valence-corrected chi connectivity index (χ3v) is 3.93. The lowest BCUT2D eigenvalue weighted by atomic mass is 10.1. The van der Waals surface area contributed by atoms with Gasteiger partial charge in [-0.3, -0.25) is 5.43 Å². The Bertz CT molecular complexity index is 749. The molecule has 0 unspecified atom stereocenters.